The fraction of sp³-hybridized carbons (Fsp3) is 0.409. The molecule has 1 fully saturated rings. The fourth-order valence-electron chi connectivity index (χ4n) is 3.36. The highest BCUT2D eigenvalue weighted by Gasteiger charge is 2.23. The fourth-order valence-corrected chi connectivity index (χ4v) is 3.54. The molecular formula is C22H27ClN2O3. The minimum absolute atomic E-state index is 0.0477. The van der Waals surface area contributed by atoms with Gasteiger partial charge >= 0.3 is 0 Å². The first-order chi connectivity index (χ1) is 13.6. The van der Waals surface area contributed by atoms with Crippen LogP contribution < -0.4 is 9.64 Å². The van der Waals surface area contributed by atoms with Crippen LogP contribution in [0.1, 0.15) is 29.8 Å². The highest BCUT2D eigenvalue weighted by atomic mass is 35.5. The third-order valence-electron chi connectivity index (χ3n) is 4.81. The van der Waals surface area contributed by atoms with Crippen LogP contribution in [0.4, 0.5) is 5.69 Å². The van der Waals surface area contributed by atoms with Crippen LogP contribution in [0.25, 0.3) is 0 Å². The minimum atomic E-state index is 0.0477. The van der Waals surface area contributed by atoms with Gasteiger partial charge in [0.2, 0.25) is 0 Å². The van der Waals surface area contributed by atoms with E-state index in [0.717, 1.165) is 35.1 Å². The molecule has 3 rings (SSSR count). The van der Waals surface area contributed by atoms with Gasteiger partial charge in [0.05, 0.1) is 13.2 Å². The number of rotatable bonds is 7. The van der Waals surface area contributed by atoms with E-state index in [2.05, 4.69) is 11.0 Å². The number of hydrogen-bond acceptors (Lipinski definition) is 4. The number of anilines is 1. The van der Waals surface area contributed by atoms with Crippen molar-refractivity contribution in [2.45, 2.75) is 20.5 Å². The van der Waals surface area contributed by atoms with Crippen molar-refractivity contribution in [2.24, 2.45) is 0 Å². The molecule has 1 aliphatic heterocycles. The minimum Gasteiger partial charge on any atom is -0.494 e. The van der Waals surface area contributed by atoms with Crippen molar-refractivity contribution in [2.75, 3.05) is 44.3 Å². The Morgan fingerprint density at radius 3 is 2.50 bits per heavy atom. The zero-order valence-electron chi connectivity index (χ0n) is 16.5. The molecule has 0 atom stereocenters. The molecule has 0 unspecified atom stereocenters. The third-order valence-corrected chi connectivity index (χ3v) is 5.04. The van der Waals surface area contributed by atoms with Crippen molar-refractivity contribution in [1.82, 2.24) is 4.90 Å². The largest absolute Gasteiger partial charge is 0.494 e. The zero-order chi connectivity index (χ0) is 19.9. The summed E-state index contributed by atoms with van der Waals surface area (Å²) in [5.74, 6) is 0.824. The maximum absolute atomic E-state index is 13.0. The summed E-state index contributed by atoms with van der Waals surface area (Å²) in [6.07, 6.45) is 0. The highest BCUT2D eigenvalue weighted by Crippen LogP contribution is 2.24. The number of carbonyl (C=O) groups excluding carboxylic acids is 1. The van der Waals surface area contributed by atoms with Gasteiger partial charge in [0.25, 0.3) is 5.91 Å². The van der Waals surface area contributed by atoms with Crippen LogP contribution in [0.5, 0.6) is 5.75 Å². The molecule has 0 radical (unpaired) electrons. The van der Waals surface area contributed by atoms with E-state index in [-0.39, 0.29) is 5.91 Å². The Morgan fingerprint density at radius 1 is 1.04 bits per heavy atom. The van der Waals surface area contributed by atoms with Gasteiger partial charge in [0.15, 0.2) is 0 Å². The summed E-state index contributed by atoms with van der Waals surface area (Å²) in [5.41, 5.74) is 2.68. The molecular weight excluding hydrogens is 376 g/mol. The van der Waals surface area contributed by atoms with Gasteiger partial charge in [0.1, 0.15) is 5.75 Å². The lowest BCUT2D eigenvalue weighted by Gasteiger charge is -2.36. The quantitative estimate of drug-likeness (QED) is 0.694. The van der Waals surface area contributed by atoms with Gasteiger partial charge in [-0.2, -0.15) is 0 Å². The van der Waals surface area contributed by atoms with E-state index in [1.807, 2.05) is 55.1 Å². The molecule has 0 aromatic heterocycles. The van der Waals surface area contributed by atoms with E-state index in [4.69, 9.17) is 21.1 Å². The lowest BCUT2D eigenvalue weighted by atomic mass is 10.1. The van der Waals surface area contributed by atoms with Gasteiger partial charge in [-0.1, -0.05) is 17.7 Å². The second-order valence-electron chi connectivity index (χ2n) is 6.65. The van der Waals surface area contributed by atoms with E-state index in [9.17, 15) is 4.79 Å². The number of ether oxygens (including phenoxy) is 2. The monoisotopic (exact) mass is 402 g/mol. The van der Waals surface area contributed by atoms with Crippen molar-refractivity contribution < 1.29 is 14.3 Å². The summed E-state index contributed by atoms with van der Waals surface area (Å²) >= 11 is 6.10. The number of hydrogen-bond donors (Lipinski definition) is 0. The predicted octanol–water partition coefficient (Wildman–Crippen LogP) is 4.24. The molecule has 1 saturated heterocycles. The summed E-state index contributed by atoms with van der Waals surface area (Å²) in [5, 5.41) is 0.729. The molecule has 0 bridgehead atoms. The Bertz CT molecular complexity index is 804. The van der Waals surface area contributed by atoms with Crippen LogP contribution >= 0.6 is 11.6 Å². The van der Waals surface area contributed by atoms with Gasteiger partial charge in [0, 0.05) is 54.6 Å². The van der Waals surface area contributed by atoms with E-state index < -0.39 is 0 Å². The van der Waals surface area contributed by atoms with E-state index in [1.165, 1.54) is 0 Å². The molecule has 6 heteroatoms. The SMILES string of the molecule is CCOCc1cc(C(=O)N2CCN(c3cccc(Cl)c3)CC2)ccc1OCC. The van der Waals surface area contributed by atoms with E-state index in [1.54, 1.807) is 0 Å². The van der Waals surface area contributed by atoms with Crippen LogP contribution in [0.2, 0.25) is 5.02 Å². The molecule has 2 aromatic rings. The molecule has 5 nitrogen and oxygen atoms in total. The third kappa shape index (κ3) is 4.97. The lowest BCUT2D eigenvalue weighted by Crippen LogP contribution is -2.48. The first-order valence-electron chi connectivity index (χ1n) is 9.75. The second kappa shape index (κ2) is 9.80. The predicted molar refractivity (Wildman–Crippen MR) is 113 cm³/mol. The summed E-state index contributed by atoms with van der Waals surface area (Å²) < 4.78 is 11.2. The number of carbonyl (C=O) groups is 1. The molecule has 1 amide bonds. The number of nitrogens with zero attached hydrogens (tertiary/aromatic N) is 2. The molecule has 28 heavy (non-hydrogen) atoms. The first kappa shape index (κ1) is 20.5. The smallest absolute Gasteiger partial charge is 0.253 e. The number of benzene rings is 2. The Morgan fingerprint density at radius 2 is 1.82 bits per heavy atom. The molecule has 1 heterocycles. The number of piperazine rings is 1. The van der Waals surface area contributed by atoms with Crippen LogP contribution in [0.3, 0.4) is 0 Å². The van der Waals surface area contributed by atoms with Gasteiger partial charge in [-0.25, -0.2) is 0 Å². The molecule has 0 saturated carbocycles. The number of amides is 1. The summed E-state index contributed by atoms with van der Waals surface area (Å²) in [7, 11) is 0. The summed E-state index contributed by atoms with van der Waals surface area (Å²) in [6, 6.07) is 13.4. The number of halogens is 1. The van der Waals surface area contributed by atoms with Crippen molar-refractivity contribution in [1.29, 1.82) is 0 Å². The maximum Gasteiger partial charge on any atom is 0.253 e. The van der Waals surface area contributed by atoms with Gasteiger partial charge in [-0.15, -0.1) is 0 Å². The summed E-state index contributed by atoms with van der Waals surface area (Å²) in [6.45, 7) is 8.47. The average molecular weight is 403 g/mol. The van der Waals surface area contributed by atoms with E-state index in [0.29, 0.717) is 38.5 Å². The second-order valence-corrected chi connectivity index (χ2v) is 7.09. The van der Waals surface area contributed by atoms with Gasteiger partial charge in [-0.05, 0) is 50.2 Å². The molecule has 2 aromatic carbocycles. The zero-order valence-corrected chi connectivity index (χ0v) is 17.2. The maximum atomic E-state index is 13.0. The van der Waals surface area contributed by atoms with E-state index >= 15 is 0 Å². The Kier molecular flexibility index (Phi) is 7.18. The Balaban J connectivity index is 1.67. The average Bonchev–Trinajstić information content (AvgIpc) is 2.73. The molecule has 0 aliphatic carbocycles. The van der Waals surface area contributed by atoms with Crippen molar-refractivity contribution in [3.8, 4) is 5.75 Å². The first-order valence-corrected chi connectivity index (χ1v) is 10.1. The topological polar surface area (TPSA) is 42.0 Å². The normalized spacial score (nSPS) is 14.2. The Hall–Kier alpha value is -2.24. The van der Waals surface area contributed by atoms with Gasteiger partial charge in [-0.3, -0.25) is 4.79 Å². The van der Waals surface area contributed by atoms with Crippen molar-refractivity contribution in [3.05, 3.63) is 58.6 Å². The molecule has 150 valence electrons. The van der Waals surface area contributed by atoms with Crippen LogP contribution in [-0.4, -0.2) is 50.2 Å². The van der Waals surface area contributed by atoms with Crippen molar-refractivity contribution >= 4 is 23.2 Å². The standard InChI is InChI=1S/C22H27ClN2O3/c1-3-27-16-18-14-17(8-9-21(18)28-4-2)22(26)25-12-10-24(11-13-25)20-7-5-6-19(23)15-20/h5-9,14-15H,3-4,10-13,16H2,1-2H3. The molecule has 1 aliphatic rings. The molecule has 0 N–H and O–H groups in total. The van der Waals surface area contributed by atoms with Crippen LogP contribution in [0, 0.1) is 0 Å². The summed E-state index contributed by atoms with van der Waals surface area (Å²) in [4.78, 5) is 17.2. The van der Waals surface area contributed by atoms with Gasteiger partial charge < -0.3 is 19.3 Å². The van der Waals surface area contributed by atoms with Crippen LogP contribution in [0.15, 0.2) is 42.5 Å². The van der Waals surface area contributed by atoms with Crippen LogP contribution in [-0.2, 0) is 11.3 Å². The Labute approximate surface area is 171 Å². The lowest BCUT2D eigenvalue weighted by molar-refractivity contribution is 0.0746. The highest BCUT2D eigenvalue weighted by molar-refractivity contribution is 6.30. The molecule has 0 spiro atoms. The van der Waals surface area contributed by atoms with Crippen molar-refractivity contribution in [3.63, 3.8) is 0 Å².